The van der Waals surface area contributed by atoms with Crippen LogP contribution >= 0.6 is 0 Å². The second-order valence-electron chi connectivity index (χ2n) is 6.76. The molecular formula is C23H19NO4. The van der Waals surface area contributed by atoms with Gasteiger partial charge in [-0.1, -0.05) is 6.07 Å². The summed E-state index contributed by atoms with van der Waals surface area (Å²) in [4.78, 5) is 24.9. The second-order valence-corrected chi connectivity index (χ2v) is 6.76. The summed E-state index contributed by atoms with van der Waals surface area (Å²) in [7, 11) is 1.57. The lowest BCUT2D eigenvalue weighted by atomic mass is 9.92. The summed E-state index contributed by atoms with van der Waals surface area (Å²) in [6.07, 6.45) is 1.91. The Morgan fingerprint density at radius 3 is 2.46 bits per heavy atom. The number of ketones is 1. The summed E-state index contributed by atoms with van der Waals surface area (Å²) in [6, 6.07) is 18.2. The number of nitrogens with zero attached hydrogens (tertiary/aromatic N) is 1. The molecule has 5 nitrogen and oxygen atoms in total. The van der Waals surface area contributed by atoms with Gasteiger partial charge in [0.25, 0.3) is 0 Å². The first kappa shape index (κ1) is 17.8. The zero-order valence-electron chi connectivity index (χ0n) is 15.5. The van der Waals surface area contributed by atoms with Crippen molar-refractivity contribution in [1.82, 2.24) is 4.40 Å². The van der Waals surface area contributed by atoms with Crippen molar-refractivity contribution < 1.29 is 19.4 Å². The molecule has 0 aliphatic carbocycles. The van der Waals surface area contributed by atoms with Crippen molar-refractivity contribution in [3.05, 3.63) is 83.6 Å². The fourth-order valence-electron chi connectivity index (χ4n) is 3.45. The van der Waals surface area contributed by atoms with Crippen molar-refractivity contribution in [2.75, 3.05) is 7.11 Å². The number of carboxylic acid groups (broad SMARTS) is 1. The Balaban J connectivity index is 1.98. The lowest BCUT2D eigenvalue weighted by Crippen LogP contribution is -2.11. The van der Waals surface area contributed by atoms with Crippen LogP contribution in [0.4, 0.5) is 0 Å². The van der Waals surface area contributed by atoms with E-state index < -0.39 is 11.9 Å². The minimum Gasteiger partial charge on any atom is -0.497 e. The highest BCUT2D eigenvalue weighted by molar-refractivity contribution is 6.16. The van der Waals surface area contributed by atoms with Crippen LogP contribution in [0, 0.1) is 0 Å². The smallest absolute Gasteiger partial charge is 0.310 e. The Morgan fingerprint density at radius 1 is 1.04 bits per heavy atom. The van der Waals surface area contributed by atoms with Gasteiger partial charge in [-0.2, -0.15) is 0 Å². The molecule has 0 saturated heterocycles. The Morgan fingerprint density at radius 2 is 1.79 bits per heavy atom. The molecule has 4 aromatic rings. The Bertz CT molecular complexity index is 1200. The number of aliphatic carboxylic acids is 1. The van der Waals surface area contributed by atoms with Gasteiger partial charge in [-0.05, 0) is 72.5 Å². The van der Waals surface area contributed by atoms with Crippen molar-refractivity contribution in [2.24, 2.45) is 0 Å². The number of carbonyl (C=O) groups is 2. The molecule has 5 heteroatoms. The molecule has 0 bridgehead atoms. The fourth-order valence-corrected chi connectivity index (χ4v) is 3.45. The van der Waals surface area contributed by atoms with Crippen molar-refractivity contribution in [3.8, 4) is 5.75 Å². The maximum absolute atomic E-state index is 13.4. The van der Waals surface area contributed by atoms with E-state index in [2.05, 4.69) is 0 Å². The number of carboxylic acids is 1. The van der Waals surface area contributed by atoms with Gasteiger partial charge in [0.1, 0.15) is 5.75 Å². The van der Waals surface area contributed by atoms with Crippen molar-refractivity contribution >= 4 is 28.2 Å². The van der Waals surface area contributed by atoms with E-state index in [4.69, 9.17) is 4.74 Å². The molecule has 0 spiro atoms. The van der Waals surface area contributed by atoms with E-state index in [1.165, 1.54) is 0 Å². The van der Waals surface area contributed by atoms with E-state index >= 15 is 0 Å². The number of aromatic nitrogens is 1. The van der Waals surface area contributed by atoms with Crippen LogP contribution in [-0.2, 0) is 4.79 Å². The first-order chi connectivity index (χ1) is 13.5. The van der Waals surface area contributed by atoms with Crippen molar-refractivity contribution in [1.29, 1.82) is 0 Å². The number of fused-ring (bicyclic) bond motifs is 3. The molecule has 4 rings (SSSR count). The normalized spacial score (nSPS) is 12.2. The third kappa shape index (κ3) is 2.91. The molecule has 2 aromatic carbocycles. The zero-order chi connectivity index (χ0) is 19.8. The number of hydrogen-bond acceptors (Lipinski definition) is 3. The minimum absolute atomic E-state index is 0.159. The zero-order valence-corrected chi connectivity index (χ0v) is 15.5. The van der Waals surface area contributed by atoms with E-state index in [-0.39, 0.29) is 5.78 Å². The molecule has 1 atom stereocenters. The first-order valence-corrected chi connectivity index (χ1v) is 8.95. The molecule has 1 unspecified atom stereocenters. The van der Waals surface area contributed by atoms with E-state index in [9.17, 15) is 14.7 Å². The summed E-state index contributed by atoms with van der Waals surface area (Å²) in [5.41, 5.74) is 3.34. The Labute approximate surface area is 161 Å². The highest BCUT2D eigenvalue weighted by Crippen LogP contribution is 2.29. The standard InChI is InChI=1S/C23H19NO4/c1-14(23(26)27)17-12-16-5-8-18-4-3-11-24(18)21(16)20(13-17)22(25)15-6-9-19(28-2)10-7-15/h3-14H,1-2H3,(H,26,27). The number of rotatable bonds is 5. The number of ether oxygens (including phenoxy) is 1. The van der Waals surface area contributed by atoms with Gasteiger partial charge in [0.15, 0.2) is 5.78 Å². The van der Waals surface area contributed by atoms with Crippen LogP contribution < -0.4 is 4.74 Å². The monoisotopic (exact) mass is 373 g/mol. The summed E-state index contributed by atoms with van der Waals surface area (Å²) in [5.74, 6) is -1.13. The van der Waals surface area contributed by atoms with Gasteiger partial charge in [0, 0.05) is 22.8 Å². The molecule has 0 aliphatic rings. The first-order valence-electron chi connectivity index (χ1n) is 8.95. The Kier molecular flexibility index (Phi) is 4.35. The molecule has 2 heterocycles. The summed E-state index contributed by atoms with van der Waals surface area (Å²) < 4.78 is 7.13. The molecular weight excluding hydrogens is 354 g/mol. The van der Waals surface area contributed by atoms with Gasteiger partial charge in [0.2, 0.25) is 0 Å². The number of hydrogen-bond donors (Lipinski definition) is 1. The summed E-state index contributed by atoms with van der Waals surface area (Å²) in [6.45, 7) is 1.62. The van der Waals surface area contributed by atoms with Gasteiger partial charge >= 0.3 is 5.97 Å². The molecule has 1 N–H and O–H groups in total. The van der Waals surface area contributed by atoms with Crippen LogP contribution in [0.5, 0.6) is 5.75 Å². The lowest BCUT2D eigenvalue weighted by molar-refractivity contribution is -0.138. The maximum Gasteiger partial charge on any atom is 0.310 e. The quantitative estimate of drug-likeness (QED) is 0.522. The van der Waals surface area contributed by atoms with Gasteiger partial charge < -0.3 is 14.2 Å². The lowest BCUT2D eigenvalue weighted by Gasteiger charge is -2.14. The largest absolute Gasteiger partial charge is 0.497 e. The van der Waals surface area contributed by atoms with E-state index in [0.29, 0.717) is 22.4 Å². The fraction of sp³-hybridized carbons (Fsp3) is 0.130. The van der Waals surface area contributed by atoms with E-state index in [1.54, 1.807) is 44.4 Å². The van der Waals surface area contributed by atoms with Gasteiger partial charge in [-0.25, -0.2) is 0 Å². The number of pyridine rings is 1. The van der Waals surface area contributed by atoms with Crippen LogP contribution in [0.3, 0.4) is 0 Å². The second kappa shape index (κ2) is 6.85. The summed E-state index contributed by atoms with van der Waals surface area (Å²) in [5, 5.41) is 10.3. The van der Waals surface area contributed by atoms with Crippen LogP contribution in [0.1, 0.15) is 34.3 Å². The third-order valence-electron chi connectivity index (χ3n) is 5.08. The molecule has 0 amide bonds. The molecule has 140 valence electrons. The van der Waals surface area contributed by atoms with Crippen molar-refractivity contribution in [3.63, 3.8) is 0 Å². The van der Waals surface area contributed by atoms with Crippen LogP contribution in [0.2, 0.25) is 0 Å². The predicted molar refractivity (Wildman–Crippen MR) is 107 cm³/mol. The number of methoxy groups -OCH3 is 1. The van der Waals surface area contributed by atoms with Crippen LogP contribution in [0.25, 0.3) is 16.4 Å². The van der Waals surface area contributed by atoms with Crippen LogP contribution in [-0.4, -0.2) is 28.4 Å². The van der Waals surface area contributed by atoms with Crippen LogP contribution in [0.15, 0.2) is 66.9 Å². The molecule has 0 radical (unpaired) electrons. The molecule has 0 aliphatic heterocycles. The van der Waals surface area contributed by atoms with Gasteiger partial charge in [-0.15, -0.1) is 0 Å². The van der Waals surface area contributed by atoms with Crippen molar-refractivity contribution in [2.45, 2.75) is 12.8 Å². The minimum atomic E-state index is -0.927. The molecule has 0 saturated carbocycles. The highest BCUT2D eigenvalue weighted by atomic mass is 16.5. The average Bonchev–Trinajstić information content (AvgIpc) is 3.20. The third-order valence-corrected chi connectivity index (χ3v) is 5.08. The highest BCUT2D eigenvalue weighted by Gasteiger charge is 2.21. The Hall–Kier alpha value is -3.60. The molecule has 28 heavy (non-hydrogen) atoms. The molecule has 2 aromatic heterocycles. The average molecular weight is 373 g/mol. The van der Waals surface area contributed by atoms with Gasteiger partial charge in [0.05, 0.1) is 18.5 Å². The summed E-state index contributed by atoms with van der Waals surface area (Å²) >= 11 is 0. The SMILES string of the molecule is COc1ccc(C(=O)c2cc(C(C)C(=O)O)cc3ccc4cccn4c23)cc1. The number of carbonyl (C=O) groups excluding carboxylic acids is 1. The predicted octanol–water partition coefficient (Wildman–Crippen LogP) is 4.52. The topological polar surface area (TPSA) is 68.0 Å². The number of benzene rings is 2. The maximum atomic E-state index is 13.4. The van der Waals surface area contributed by atoms with E-state index in [0.717, 1.165) is 16.4 Å². The van der Waals surface area contributed by atoms with Gasteiger partial charge in [-0.3, -0.25) is 9.59 Å². The van der Waals surface area contributed by atoms with E-state index in [1.807, 2.05) is 40.9 Å². The molecule has 0 fully saturated rings.